The molecule has 0 atom stereocenters. The van der Waals surface area contributed by atoms with Crippen LogP contribution in [0.15, 0.2) is 54.7 Å². The molecule has 6 nitrogen and oxygen atoms in total. The monoisotopic (exact) mass is 412 g/mol. The van der Waals surface area contributed by atoms with E-state index >= 15 is 0 Å². The molecular formula is C25H24N4O2. The number of nitrogens with zero attached hydrogens (tertiary/aromatic N) is 4. The summed E-state index contributed by atoms with van der Waals surface area (Å²) in [6.45, 7) is 5.58. The van der Waals surface area contributed by atoms with Gasteiger partial charge in [0.05, 0.1) is 17.2 Å². The van der Waals surface area contributed by atoms with Gasteiger partial charge in [-0.2, -0.15) is 0 Å². The normalized spacial score (nSPS) is 11.6. The van der Waals surface area contributed by atoms with Crippen LogP contribution in [0.25, 0.3) is 33.4 Å². The molecule has 2 aromatic carbocycles. The van der Waals surface area contributed by atoms with E-state index in [4.69, 9.17) is 14.7 Å². The van der Waals surface area contributed by atoms with Gasteiger partial charge in [0.1, 0.15) is 11.2 Å². The summed E-state index contributed by atoms with van der Waals surface area (Å²) in [6, 6.07) is 16.4. The Balaban J connectivity index is 1.77. The average molecular weight is 412 g/mol. The van der Waals surface area contributed by atoms with Crippen molar-refractivity contribution in [2.75, 3.05) is 0 Å². The van der Waals surface area contributed by atoms with Crippen LogP contribution >= 0.6 is 0 Å². The van der Waals surface area contributed by atoms with Crippen molar-refractivity contribution in [3.63, 3.8) is 0 Å². The minimum atomic E-state index is -0.371. The van der Waals surface area contributed by atoms with Crippen LogP contribution in [0.5, 0.6) is 5.75 Å². The molecule has 0 saturated carbocycles. The van der Waals surface area contributed by atoms with E-state index < -0.39 is 0 Å². The summed E-state index contributed by atoms with van der Waals surface area (Å²) < 4.78 is 9.59. The maximum Gasteiger partial charge on any atom is 0.308 e. The summed E-state index contributed by atoms with van der Waals surface area (Å²) in [7, 11) is 0. The van der Waals surface area contributed by atoms with Crippen LogP contribution in [0.1, 0.15) is 38.1 Å². The number of para-hydroxylation sites is 2. The van der Waals surface area contributed by atoms with Gasteiger partial charge in [0, 0.05) is 12.6 Å². The first-order chi connectivity index (χ1) is 15.1. The van der Waals surface area contributed by atoms with E-state index in [0.717, 1.165) is 45.6 Å². The highest BCUT2D eigenvalue weighted by Crippen LogP contribution is 2.35. The number of esters is 1. The fraction of sp³-hybridized carbons (Fsp3) is 0.240. The number of rotatable bonds is 5. The van der Waals surface area contributed by atoms with Gasteiger partial charge in [-0.1, -0.05) is 37.6 Å². The number of benzene rings is 2. The van der Waals surface area contributed by atoms with Crippen molar-refractivity contribution in [2.24, 2.45) is 0 Å². The molecular weight excluding hydrogens is 388 g/mol. The highest BCUT2D eigenvalue weighted by Gasteiger charge is 2.21. The maximum atomic E-state index is 11.8. The van der Waals surface area contributed by atoms with Crippen molar-refractivity contribution in [2.45, 2.75) is 40.0 Å². The van der Waals surface area contributed by atoms with E-state index in [0.29, 0.717) is 5.75 Å². The number of hydrogen-bond donors (Lipinski definition) is 0. The topological polar surface area (TPSA) is 61.4 Å². The van der Waals surface area contributed by atoms with Crippen molar-refractivity contribution in [1.29, 1.82) is 0 Å². The first kappa shape index (κ1) is 19.3. The Bertz CT molecular complexity index is 1430. The summed E-state index contributed by atoms with van der Waals surface area (Å²) in [5, 5.41) is 0.729. The van der Waals surface area contributed by atoms with Crippen LogP contribution in [0.2, 0.25) is 0 Å². The zero-order valence-corrected chi connectivity index (χ0v) is 17.9. The molecule has 0 aliphatic rings. The predicted molar refractivity (Wildman–Crippen MR) is 122 cm³/mol. The molecule has 0 amide bonds. The molecule has 0 spiro atoms. The molecule has 0 radical (unpaired) electrons. The number of fused-ring (bicyclic) bond motifs is 5. The van der Waals surface area contributed by atoms with Gasteiger partial charge in [0.2, 0.25) is 0 Å². The number of carbonyl (C=O) groups excluding carboxylic acids is 1. The Morgan fingerprint density at radius 3 is 2.55 bits per heavy atom. The van der Waals surface area contributed by atoms with E-state index in [1.807, 2.05) is 46.4 Å². The van der Waals surface area contributed by atoms with E-state index in [2.05, 4.69) is 31.2 Å². The summed E-state index contributed by atoms with van der Waals surface area (Å²) in [6.07, 6.45) is 5.25. The quantitative estimate of drug-likeness (QED) is 0.363. The van der Waals surface area contributed by atoms with Crippen molar-refractivity contribution < 1.29 is 9.53 Å². The van der Waals surface area contributed by atoms with E-state index in [1.54, 1.807) is 0 Å². The molecule has 0 saturated heterocycles. The second kappa shape index (κ2) is 7.54. The van der Waals surface area contributed by atoms with Gasteiger partial charge in [0.25, 0.3) is 0 Å². The van der Waals surface area contributed by atoms with Gasteiger partial charge in [-0.25, -0.2) is 9.97 Å². The van der Waals surface area contributed by atoms with Crippen molar-refractivity contribution in [3.8, 4) is 11.4 Å². The third-order valence-corrected chi connectivity index (χ3v) is 5.61. The summed E-state index contributed by atoms with van der Waals surface area (Å²) in [5.74, 6) is 0.915. The number of aryl methyl sites for hydroxylation is 2. The second-order valence-corrected chi connectivity index (χ2v) is 7.84. The molecule has 5 aromatic rings. The third kappa shape index (κ3) is 3.24. The van der Waals surface area contributed by atoms with Crippen molar-refractivity contribution in [3.05, 3.63) is 66.1 Å². The standard InChI is InChI=1S/C25H24N4O2/c1-4-5-8-18-11-13-19(14-12-18)28-15-22(31-17(3)30)23-24(28)26-16(2)29-21-10-7-6-9-20(21)27-25(23)29/h6-7,9-15H,4-5,8H2,1-3H3. The molecule has 0 bridgehead atoms. The Hall–Kier alpha value is -3.67. The Morgan fingerprint density at radius 1 is 1.03 bits per heavy atom. The van der Waals surface area contributed by atoms with E-state index in [1.165, 1.54) is 25.3 Å². The van der Waals surface area contributed by atoms with Crippen molar-refractivity contribution >= 4 is 33.7 Å². The smallest absolute Gasteiger partial charge is 0.308 e. The summed E-state index contributed by atoms with van der Waals surface area (Å²) in [4.78, 5) is 21.6. The first-order valence-electron chi connectivity index (χ1n) is 10.6. The Labute approximate surface area is 180 Å². The van der Waals surface area contributed by atoms with Crippen LogP contribution in [0.3, 0.4) is 0 Å². The fourth-order valence-corrected chi connectivity index (χ4v) is 4.15. The SMILES string of the molecule is CCCCc1ccc(-n2cc(OC(C)=O)c3c2nc(C)n2c4ccccc4nc32)cc1. The fourth-order valence-electron chi connectivity index (χ4n) is 4.15. The molecule has 156 valence electrons. The minimum absolute atomic E-state index is 0.371. The third-order valence-electron chi connectivity index (χ3n) is 5.61. The zero-order chi connectivity index (χ0) is 21.5. The molecule has 0 fully saturated rings. The van der Waals surface area contributed by atoms with Crippen LogP contribution < -0.4 is 4.74 Å². The number of aromatic nitrogens is 4. The molecule has 0 N–H and O–H groups in total. The maximum absolute atomic E-state index is 11.8. The average Bonchev–Trinajstić information content (AvgIpc) is 3.31. The van der Waals surface area contributed by atoms with Crippen LogP contribution in [-0.2, 0) is 11.2 Å². The highest BCUT2D eigenvalue weighted by atomic mass is 16.5. The van der Waals surface area contributed by atoms with E-state index in [-0.39, 0.29) is 5.97 Å². The number of carbonyl (C=O) groups is 1. The second-order valence-electron chi connectivity index (χ2n) is 7.84. The lowest BCUT2D eigenvalue weighted by molar-refractivity contribution is -0.131. The van der Waals surface area contributed by atoms with Gasteiger partial charge in [0.15, 0.2) is 17.0 Å². The van der Waals surface area contributed by atoms with Crippen LogP contribution in [-0.4, -0.2) is 24.9 Å². The number of imidazole rings is 1. The first-order valence-corrected chi connectivity index (χ1v) is 10.6. The van der Waals surface area contributed by atoms with Gasteiger partial charge in [-0.3, -0.25) is 13.8 Å². The highest BCUT2D eigenvalue weighted by molar-refractivity contribution is 6.01. The molecule has 5 rings (SSSR count). The molecule has 0 unspecified atom stereocenters. The molecule has 0 aliphatic heterocycles. The van der Waals surface area contributed by atoms with Crippen LogP contribution in [0, 0.1) is 6.92 Å². The predicted octanol–water partition coefficient (Wildman–Crippen LogP) is 5.40. The Kier molecular flexibility index (Phi) is 4.70. The number of unbranched alkanes of at least 4 members (excludes halogenated alkanes) is 1. The van der Waals surface area contributed by atoms with Gasteiger partial charge in [-0.15, -0.1) is 0 Å². The number of hydrogen-bond acceptors (Lipinski definition) is 4. The van der Waals surface area contributed by atoms with Crippen LogP contribution in [0.4, 0.5) is 0 Å². The lowest BCUT2D eigenvalue weighted by Gasteiger charge is -2.08. The van der Waals surface area contributed by atoms with Gasteiger partial charge in [-0.05, 0) is 49.6 Å². The molecule has 0 aliphatic carbocycles. The summed E-state index contributed by atoms with van der Waals surface area (Å²) in [5.41, 5.74) is 5.59. The molecule has 3 heterocycles. The zero-order valence-electron chi connectivity index (χ0n) is 17.9. The van der Waals surface area contributed by atoms with Crippen molar-refractivity contribution in [1.82, 2.24) is 18.9 Å². The van der Waals surface area contributed by atoms with Gasteiger partial charge >= 0.3 is 5.97 Å². The number of ether oxygens (including phenoxy) is 1. The van der Waals surface area contributed by atoms with Gasteiger partial charge < -0.3 is 4.74 Å². The molecule has 6 heteroatoms. The lowest BCUT2D eigenvalue weighted by Crippen LogP contribution is -2.02. The lowest BCUT2D eigenvalue weighted by atomic mass is 10.1. The largest absolute Gasteiger partial charge is 0.424 e. The molecule has 31 heavy (non-hydrogen) atoms. The Morgan fingerprint density at radius 2 is 1.81 bits per heavy atom. The molecule has 3 aromatic heterocycles. The summed E-state index contributed by atoms with van der Waals surface area (Å²) >= 11 is 0. The van der Waals surface area contributed by atoms with E-state index in [9.17, 15) is 4.79 Å². The minimum Gasteiger partial charge on any atom is -0.424 e.